The average Bonchev–Trinajstić information content (AvgIpc) is 2.27. The second-order valence-electron chi connectivity index (χ2n) is 5.35. The first-order valence-electron chi connectivity index (χ1n) is 5.92. The van der Waals surface area contributed by atoms with E-state index >= 15 is 0 Å². The smallest absolute Gasteiger partial charge is 0.0283 e. The van der Waals surface area contributed by atoms with Crippen molar-refractivity contribution in [3.63, 3.8) is 0 Å². The molecule has 0 spiro atoms. The third-order valence-electron chi connectivity index (χ3n) is 3.65. The van der Waals surface area contributed by atoms with E-state index in [-0.39, 0.29) is 0 Å². The third-order valence-corrected chi connectivity index (χ3v) is 4.33. The van der Waals surface area contributed by atoms with Gasteiger partial charge in [-0.15, -0.1) is 0 Å². The number of aryl methyl sites for hydroxylation is 1. The maximum atomic E-state index is 4.08. The van der Waals surface area contributed by atoms with Gasteiger partial charge in [-0.3, -0.25) is 0 Å². The topological polar surface area (TPSA) is 0 Å². The van der Waals surface area contributed by atoms with Crippen LogP contribution < -0.4 is 0 Å². The van der Waals surface area contributed by atoms with Crippen LogP contribution in [0.15, 0.2) is 24.8 Å². The van der Waals surface area contributed by atoms with Gasteiger partial charge in [0.05, 0.1) is 0 Å². The number of alkyl halides is 1. The number of halogens is 1. The molecule has 1 aromatic rings. The van der Waals surface area contributed by atoms with Gasteiger partial charge in [-0.2, -0.15) is 0 Å². The van der Waals surface area contributed by atoms with Crippen LogP contribution in [-0.4, -0.2) is 5.33 Å². The van der Waals surface area contributed by atoms with Crippen LogP contribution in [0.3, 0.4) is 0 Å². The SMILES string of the molecule is C=C(CBr)c1ccc2c(c1)CCCC2(C)C. The number of benzene rings is 1. The van der Waals surface area contributed by atoms with E-state index in [1.165, 1.54) is 41.5 Å². The number of rotatable bonds is 2. The van der Waals surface area contributed by atoms with Crippen LogP contribution in [-0.2, 0) is 11.8 Å². The molecule has 0 radical (unpaired) electrons. The number of hydrogen-bond acceptors (Lipinski definition) is 0. The minimum Gasteiger partial charge on any atom is -0.0944 e. The molecular weight excluding hydrogens is 260 g/mol. The van der Waals surface area contributed by atoms with Gasteiger partial charge in [0.25, 0.3) is 0 Å². The van der Waals surface area contributed by atoms with Gasteiger partial charge >= 0.3 is 0 Å². The van der Waals surface area contributed by atoms with Crippen LogP contribution in [0.4, 0.5) is 0 Å². The van der Waals surface area contributed by atoms with E-state index in [2.05, 4.69) is 54.6 Å². The Morgan fingerprint density at radius 2 is 2.19 bits per heavy atom. The highest BCUT2D eigenvalue weighted by Crippen LogP contribution is 2.37. The van der Waals surface area contributed by atoms with Crippen LogP contribution in [0.2, 0.25) is 0 Å². The number of allylic oxidation sites excluding steroid dienone is 1. The molecule has 0 saturated carbocycles. The van der Waals surface area contributed by atoms with Gasteiger partial charge in [0.1, 0.15) is 0 Å². The van der Waals surface area contributed by atoms with Gasteiger partial charge in [0, 0.05) is 5.33 Å². The van der Waals surface area contributed by atoms with E-state index in [0.29, 0.717) is 5.41 Å². The van der Waals surface area contributed by atoms with E-state index < -0.39 is 0 Å². The molecule has 1 aliphatic carbocycles. The summed E-state index contributed by atoms with van der Waals surface area (Å²) < 4.78 is 0. The molecule has 0 fully saturated rings. The van der Waals surface area contributed by atoms with Crippen molar-refractivity contribution in [3.8, 4) is 0 Å². The van der Waals surface area contributed by atoms with Crippen molar-refractivity contribution in [1.82, 2.24) is 0 Å². The summed E-state index contributed by atoms with van der Waals surface area (Å²) in [5.41, 5.74) is 5.86. The predicted octanol–water partition coefficient (Wildman–Crippen LogP) is 4.71. The zero-order chi connectivity index (χ0) is 11.8. The average molecular weight is 279 g/mol. The fourth-order valence-corrected chi connectivity index (χ4v) is 2.94. The predicted molar refractivity (Wildman–Crippen MR) is 75.2 cm³/mol. The van der Waals surface area contributed by atoms with Crippen LogP contribution in [0, 0.1) is 0 Å². The summed E-state index contributed by atoms with van der Waals surface area (Å²) in [6.07, 6.45) is 3.84. The van der Waals surface area contributed by atoms with Crippen molar-refractivity contribution < 1.29 is 0 Å². The molecule has 2 rings (SSSR count). The fraction of sp³-hybridized carbons (Fsp3) is 0.467. The zero-order valence-electron chi connectivity index (χ0n) is 10.1. The van der Waals surface area contributed by atoms with Crippen LogP contribution in [0.1, 0.15) is 43.4 Å². The third kappa shape index (κ3) is 2.10. The maximum Gasteiger partial charge on any atom is 0.0283 e. The van der Waals surface area contributed by atoms with Gasteiger partial charge in [0.15, 0.2) is 0 Å². The molecule has 0 atom stereocenters. The molecule has 86 valence electrons. The Kier molecular flexibility index (Phi) is 3.25. The van der Waals surface area contributed by atoms with Crippen molar-refractivity contribution in [2.24, 2.45) is 0 Å². The van der Waals surface area contributed by atoms with Crippen LogP contribution >= 0.6 is 15.9 Å². The first kappa shape index (κ1) is 11.9. The Hall–Kier alpha value is -0.560. The highest BCUT2D eigenvalue weighted by Gasteiger charge is 2.27. The lowest BCUT2D eigenvalue weighted by molar-refractivity contribution is 0.432. The first-order chi connectivity index (χ1) is 7.54. The molecule has 16 heavy (non-hydrogen) atoms. The molecule has 1 heteroatoms. The van der Waals surface area contributed by atoms with E-state index in [4.69, 9.17) is 0 Å². The van der Waals surface area contributed by atoms with Crippen molar-refractivity contribution in [2.75, 3.05) is 5.33 Å². The largest absolute Gasteiger partial charge is 0.0944 e. The van der Waals surface area contributed by atoms with Gasteiger partial charge < -0.3 is 0 Å². The second-order valence-corrected chi connectivity index (χ2v) is 5.91. The highest BCUT2D eigenvalue weighted by molar-refractivity contribution is 9.09. The molecule has 0 N–H and O–H groups in total. The molecule has 1 aromatic carbocycles. The molecule has 0 amide bonds. The normalized spacial score (nSPS) is 17.9. The summed E-state index contributed by atoms with van der Waals surface area (Å²) in [4.78, 5) is 0. The Labute approximate surface area is 107 Å². The summed E-state index contributed by atoms with van der Waals surface area (Å²) >= 11 is 3.47. The summed E-state index contributed by atoms with van der Waals surface area (Å²) in [6.45, 7) is 8.78. The van der Waals surface area contributed by atoms with E-state index in [1.54, 1.807) is 0 Å². The number of hydrogen-bond donors (Lipinski definition) is 0. The molecule has 0 saturated heterocycles. The van der Waals surface area contributed by atoms with Crippen molar-refractivity contribution in [3.05, 3.63) is 41.5 Å². The second kappa shape index (κ2) is 4.37. The van der Waals surface area contributed by atoms with Crippen LogP contribution in [0.25, 0.3) is 5.57 Å². The van der Waals surface area contributed by atoms with Gasteiger partial charge in [-0.05, 0) is 46.9 Å². The molecule has 0 aliphatic heterocycles. The standard InChI is InChI=1S/C15H19Br/c1-11(10-16)12-6-7-14-13(9-12)5-4-8-15(14,2)3/h6-7,9H,1,4-5,8,10H2,2-3H3. The van der Waals surface area contributed by atoms with Gasteiger partial charge in [-0.25, -0.2) is 0 Å². The lowest BCUT2D eigenvalue weighted by Gasteiger charge is -2.32. The molecule has 0 aromatic heterocycles. The summed E-state index contributed by atoms with van der Waals surface area (Å²) in [6, 6.07) is 6.85. The molecular formula is C15H19Br. The summed E-state index contributed by atoms with van der Waals surface area (Å²) in [5.74, 6) is 0. The quantitative estimate of drug-likeness (QED) is 0.688. The maximum absolute atomic E-state index is 4.08. The Balaban J connectivity index is 2.43. The van der Waals surface area contributed by atoms with E-state index in [0.717, 1.165) is 5.33 Å². The molecule has 0 bridgehead atoms. The highest BCUT2D eigenvalue weighted by atomic mass is 79.9. The van der Waals surface area contributed by atoms with Gasteiger partial charge in [0.2, 0.25) is 0 Å². The molecule has 0 heterocycles. The van der Waals surface area contributed by atoms with E-state index in [1.807, 2.05) is 0 Å². The molecule has 1 aliphatic rings. The van der Waals surface area contributed by atoms with Gasteiger partial charge in [-0.1, -0.05) is 54.6 Å². The van der Waals surface area contributed by atoms with E-state index in [9.17, 15) is 0 Å². The number of fused-ring (bicyclic) bond motifs is 1. The Morgan fingerprint density at radius 1 is 1.44 bits per heavy atom. The van der Waals surface area contributed by atoms with Crippen molar-refractivity contribution in [1.29, 1.82) is 0 Å². The van der Waals surface area contributed by atoms with Crippen molar-refractivity contribution >= 4 is 21.5 Å². The minimum atomic E-state index is 0.349. The van der Waals surface area contributed by atoms with Crippen molar-refractivity contribution in [2.45, 2.75) is 38.5 Å². The summed E-state index contributed by atoms with van der Waals surface area (Å²) in [7, 11) is 0. The summed E-state index contributed by atoms with van der Waals surface area (Å²) in [5, 5.41) is 0.856. The monoisotopic (exact) mass is 278 g/mol. The lowest BCUT2D eigenvalue weighted by Crippen LogP contribution is -2.23. The molecule has 0 unspecified atom stereocenters. The van der Waals surface area contributed by atoms with Crippen LogP contribution in [0.5, 0.6) is 0 Å². The first-order valence-corrected chi connectivity index (χ1v) is 7.04. The zero-order valence-corrected chi connectivity index (χ0v) is 11.7. The molecule has 0 nitrogen and oxygen atoms in total. The fourth-order valence-electron chi connectivity index (χ4n) is 2.61. The lowest BCUT2D eigenvalue weighted by atomic mass is 9.72. The Bertz CT molecular complexity index is 415. The minimum absolute atomic E-state index is 0.349. The Morgan fingerprint density at radius 3 is 2.88 bits per heavy atom.